The molecule has 8 nitrogen and oxygen atoms in total. The molecule has 2 N–H and O–H groups in total. The van der Waals surface area contributed by atoms with E-state index >= 15 is 0 Å². The standard InChI is InChI=1S/C24H19Cl2N3O5S3/c1-29(37(33,34)23-3-2-14-35-23)19-9-4-16(5-10-19)24(30)27-18-7-11-20(12-8-18)36(31,32)28-22-13-6-17(25)15-21(22)26/h2-15,28H,1H3,(H,27,30). The van der Waals surface area contributed by atoms with Crippen molar-refractivity contribution in [2.45, 2.75) is 9.10 Å². The summed E-state index contributed by atoms with van der Waals surface area (Å²) in [4.78, 5) is 12.6. The van der Waals surface area contributed by atoms with Gasteiger partial charge in [-0.05, 0) is 78.2 Å². The number of rotatable bonds is 8. The van der Waals surface area contributed by atoms with Crippen LogP contribution in [0.4, 0.5) is 17.1 Å². The summed E-state index contributed by atoms with van der Waals surface area (Å²) >= 11 is 13.0. The molecule has 0 radical (unpaired) electrons. The van der Waals surface area contributed by atoms with Gasteiger partial charge in [0.05, 0.1) is 21.3 Å². The molecule has 0 saturated heterocycles. The van der Waals surface area contributed by atoms with Crippen LogP contribution in [-0.2, 0) is 20.0 Å². The molecular weight excluding hydrogens is 577 g/mol. The van der Waals surface area contributed by atoms with E-state index in [1.165, 1.54) is 79.8 Å². The van der Waals surface area contributed by atoms with Crippen LogP contribution in [0.1, 0.15) is 10.4 Å². The predicted octanol–water partition coefficient (Wildman–Crippen LogP) is 5.93. The zero-order valence-corrected chi connectivity index (χ0v) is 23.0. The molecule has 4 rings (SSSR count). The zero-order chi connectivity index (χ0) is 26.8. The lowest BCUT2D eigenvalue weighted by atomic mass is 10.2. The number of thiophene rings is 1. The highest BCUT2D eigenvalue weighted by molar-refractivity contribution is 7.94. The Hall–Kier alpha value is -3.09. The summed E-state index contributed by atoms with van der Waals surface area (Å²) in [5, 5.41) is 4.89. The van der Waals surface area contributed by atoms with E-state index in [0.29, 0.717) is 22.0 Å². The average molecular weight is 597 g/mol. The van der Waals surface area contributed by atoms with Crippen LogP contribution in [-0.4, -0.2) is 29.8 Å². The summed E-state index contributed by atoms with van der Waals surface area (Å²) in [6.45, 7) is 0. The van der Waals surface area contributed by atoms with Crippen molar-refractivity contribution in [3.05, 3.63) is 99.9 Å². The second kappa shape index (κ2) is 10.7. The fourth-order valence-corrected chi connectivity index (χ4v) is 7.15. The molecule has 0 spiro atoms. The fraction of sp³-hybridized carbons (Fsp3) is 0.0417. The third kappa shape index (κ3) is 6.08. The van der Waals surface area contributed by atoms with Crippen LogP contribution in [0, 0.1) is 0 Å². The Bertz CT molecular complexity index is 1640. The van der Waals surface area contributed by atoms with Crippen LogP contribution in [0.5, 0.6) is 0 Å². The number of carbonyl (C=O) groups excluding carboxylic acids is 1. The number of halogens is 2. The molecule has 1 heterocycles. The largest absolute Gasteiger partial charge is 0.322 e. The monoisotopic (exact) mass is 595 g/mol. The molecule has 0 saturated carbocycles. The number of nitrogens with zero attached hydrogens (tertiary/aromatic N) is 1. The van der Waals surface area contributed by atoms with E-state index in [1.807, 2.05) is 0 Å². The van der Waals surface area contributed by atoms with Gasteiger partial charge in [0.2, 0.25) is 0 Å². The van der Waals surface area contributed by atoms with Crippen LogP contribution in [0.3, 0.4) is 0 Å². The quantitative estimate of drug-likeness (QED) is 0.262. The van der Waals surface area contributed by atoms with Crippen molar-refractivity contribution in [3.63, 3.8) is 0 Å². The van der Waals surface area contributed by atoms with Crippen molar-refractivity contribution in [2.24, 2.45) is 0 Å². The third-order valence-corrected chi connectivity index (χ3v) is 10.3. The van der Waals surface area contributed by atoms with Gasteiger partial charge >= 0.3 is 0 Å². The number of benzene rings is 3. The number of hydrogen-bond donors (Lipinski definition) is 2. The Morgan fingerprint density at radius 2 is 1.57 bits per heavy atom. The summed E-state index contributed by atoms with van der Waals surface area (Å²) < 4.78 is 54.5. The van der Waals surface area contributed by atoms with Gasteiger partial charge in [-0.15, -0.1) is 11.3 Å². The van der Waals surface area contributed by atoms with Crippen molar-refractivity contribution in [1.29, 1.82) is 0 Å². The normalized spacial score (nSPS) is 11.6. The summed E-state index contributed by atoms with van der Waals surface area (Å²) in [5.41, 5.74) is 1.24. The lowest BCUT2D eigenvalue weighted by Gasteiger charge is -2.18. The summed E-state index contributed by atoms with van der Waals surface area (Å²) in [5.74, 6) is -0.447. The fourth-order valence-electron chi connectivity index (χ4n) is 3.20. The van der Waals surface area contributed by atoms with Gasteiger partial charge in [-0.1, -0.05) is 29.3 Å². The van der Waals surface area contributed by atoms with Gasteiger partial charge in [-0.3, -0.25) is 13.8 Å². The molecule has 3 aromatic carbocycles. The highest BCUT2D eigenvalue weighted by Gasteiger charge is 2.22. The molecule has 0 unspecified atom stereocenters. The maximum Gasteiger partial charge on any atom is 0.273 e. The second-order valence-corrected chi connectivity index (χ2v) is 13.3. The van der Waals surface area contributed by atoms with E-state index in [9.17, 15) is 21.6 Å². The second-order valence-electron chi connectivity index (χ2n) is 7.66. The van der Waals surface area contributed by atoms with Crippen molar-refractivity contribution in [2.75, 3.05) is 21.4 Å². The lowest BCUT2D eigenvalue weighted by Crippen LogP contribution is -2.25. The van der Waals surface area contributed by atoms with Crippen LogP contribution >= 0.6 is 34.5 Å². The van der Waals surface area contributed by atoms with E-state index in [0.717, 1.165) is 15.6 Å². The van der Waals surface area contributed by atoms with Gasteiger partial charge in [0, 0.05) is 23.3 Å². The topological polar surface area (TPSA) is 113 Å². The van der Waals surface area contributed by atoms with Crippen molar-refractivity contribution >= 4 is 77.6 Å². The minimum absolute atomic E-state index is 0.0316. The smallest absolute Gasteiger partial charge is 0.273 e. The van der Waals surface area contributed by atoms with Gasteiger partial charge in [-0.25, -0.2) is 16.8 Å². The average Bonchev–Trinajstić information content (AvgIpc) is 3.42. The van der Waals surface area contributed by atoms with Gasteiger partial charge in [0.1, 0.15) is 4.21 Å². The Labute approximate surface area is 228 Å². The number of carbonyl (C=O) groups is 1. The van der Waals surface area contributed by atoms with Crippen LogP contribution < -0.4 is 14.3 Å². The first-order valence-electron chi connectivity index (χ1n) is 10.5. The number of amides is 1. The number of hydrogen-bond acceptors (Lipinski definition) is 6. The Kier molecular flexibility index (Phi) is 7.81. The lowest BCUT2D eigenvalue weighted by molar-refractivity contribution is 0.102. The highest BCUT2D eigenvalue weighted by Crippen LogP contribution is 2.28. The molecular formula is C24H19Cl2N3O5S3. The highest BCUT2D eigenvalue weighted by atomic mass is 35.5. The third-order valence-electron chi connectivity index (χ3n) is 5.20. The molecule has 1 aromatic heterocycles. The Morgan fingerprint density at radius 1 is 0.892 bits per heavy atom. The SMILES string of the molecule is CN(c1ccc(C(=O)Nc2ccc(S(=O)(=O)Nc3ccc(Cl)cc3Cl)cc2)cc1)S(=O)(=O)c1cccs1. The molecule has 0 fully saturated rings. The summed E-state index contributed by atoms with van der Waals surface area (Å²) in [6.07, 6.45) is 0. The first-order valence-corrected chi connectivity index (χ1v) is 15.0. The molecule has 0 atom stereocenters. The van der Waals surface area contributed by atoms with Gasteiger partial charge in [-0.2, -0.15) is 0 Å². The van der Waals surface area contributed by atoms with Crippen molar-refractivity contribution in [3.8, 4) is 0 Å². The molecule has 0 bridgehead atoms. The zero-order valence-electron chi connectivity index (χ0n) is 19.1. The van der Waals surface area contributed by atoms with Crippen LogP contribution in [0.25, 0.3) is 0 Å². The minimum Gasteiger partial charge on any atom is -0.322 e. The van der Waals surface area contributed by atoms with E-state index in [4.69, 9.17) is 23.2 Å². The molecule has 0 aliphatic heterocycles. The molecule has 37 heavy (non-hydrogen) atoms. The Balaban J connectivity index is 1.43. The molecule has 1 amide bonds. The summed E-state index contributed by atoms with van der Waals surface area (Å²) in [6, 6.07) is 19.2. The van der Waals surface area contributed by atoms with Crippen LogP contribution in [0.15, 0.2) is 93.3 Å². The molecule has 13 heteroatoms. The van der Waals surface area contributed by atoms with Crippen LogP contribution in [0.2, 0.25) is 10.0 Å². The predicted molar refractivity (Wildman–Crippen MR) is 148 cm³/mol. The van der Waals surface area contributed by atoms with Gasteiger partial charge in [0.25, 0.3) is 26.0 Å². The molecule has 4 aromatic rings. The maximum atomic E-state index is 12.7. The first kappa shape index (κ1) is 27.0. The van der Waals surface area contributed by atoms with Gasteiger partial charge in [0.15, 0.2) is 0 Å². The first-order chi connectivity index (χ1) is 17.5. The van der Waals surface area contributed by atoms with E-state index in [-0.39, 0.29) is 19.8 Å². The molecule has 0 aliphatic rings. The summed E-state index contributed by atoms with van der Waals surface area (Å²) in [7, 11) is -6.18. The molecule has 192 valence electrons. The number of nitrogens with one attached hydrogen (secondary N) is 2. The molecule has 0 aliphatic carbocycles. The van der Waals surface area contributed by atoms with E-state index in [1.54, 1.807) is 11.4 Å². The minimum atomic E-state index is -3.93. The van der Waals surface area contributed by atoms with E-state index in [2.05, 4.69) is 10.0 Å². The van der Waals surface area contributed by atoms with Crippen molar-refractivity contribution < 1.29 is 21.6 Å². The maximum absolute atomic E-state index is 12.7. The Morgan fingerprint density at radius 3 is 2.16 bits per heavy atom. The van der Waals surface area contributed by atoms with Gasteiger partial charge < -0.3 is 5.32 Å². The number of anilines is 3. The number of sulfonamides is 2. The van der Waals surface area contributed by atoms with E-state index < -0.39 is 26.0 Å². The van der Waals surface area contributed by atoms with Crippen molar-refractivity contribution in [1.82, 2.24) is 0 Å².